The van der Waals surface area contributed by atoms with Crippen molar-refractivity contribution in [3.63, 3.8) is 0 Å². The second-order valence-electron chi connectivity index (χ2n) is 25.4. The van der Waals surface area contributed by atoms with E-state index in [9.17, 15) is 24.6 Å². The van der Waals surface area contributed by atoms with Gasteiger partial charge in [-0.2, -0.15) is 9.97 Å². The number of ether oxygens (including phenoxy) is 2. The van der Waals surface area contributed by atoms with Crippen molar-refractivity contribution in [3.8, 4) is 33.5 Å². The zero-order chi connectivity index (χ0) is 57.6. The van der Waals surface area contributed by atoms with Gasteiger partial charge in [0, 0.05) is 87.0 Å². The minimum Gasteiger partial charge on any atom is -0.508 e. The summed E-state index contributed by atoms with van der Waals surface area (Å²) in [6.45, 7) is 19.9. The Balaban J connectivity index is 0.653. The number of carbonyl (C=O) groups excluding carboxylic acids is 3. The summed E-state index contributed by atoms with van der Waals surface area (Å²) in [5.74, 6) is 0.626. The van der Waals surface area contributed by atoms with E-state index in [1.54, 1.807) is 17.4 Å². The molecule has 6 atom stereocenters. The number of carbonyl (C=O) groups is 3. The summed E-state index contributed by atoms with van der Waals surface area (Å²) in [7, 11) is 0. The van der Waals surface area contributed by atoms with E-state index >= 15 is 0 Å². The van der Waals surface area contributed by atoms with Crippen molar-refractivity contribution < 1.29 is 38.6 Å². The summed E-state index contributed by atoms with van der Waals surface area (Å²) in [5, 5.41) is 32.1. The van der Waals surface area contributed by atoms with Crippen molar-refractivity contribution in [2.45, 2.75) is 129 Å². The van der Waals surface area contributed by atoms with Gasteiger partial charge in [0.2, 0.25) is 11.8 Å². The number of hydrogen-bond acceptors (Lipinski definition) is 17. The van der Waals surface area contributed by atoms with Crippen molar-refractivity contribution in [1.29, 1.82) is 0 Å². The molecule has 83 heavy (non-hydrogen) atoms. The number of amides is 3. The van der Waals surface area contributed by atoms with Crippen molar-refractivity contribution in [2.75, 3.05) is 68.8 Å². The summed E-state index contributed by atoms with van der Waals surface area (Å²) in [5.41, 5.74) is 8.91. The van der Waals surface area contributed by atoms with E-state index in [2.05, 4.69) is 43.1 Å². The number of nitrogens with one attached hydrogen (secondary N) is 1. The highest BCUT2D eigenvalue weighted by Crippen LogP contribution is 2.50. The molecule has 4 aromatic heterocycles. The number of aliphatic hydroxyl groups is 1. The predicted octanol–water partition coefficient (Wildman–Crippen LogP) is 9.02. The fourth-order valence-electron chi connectivity index (χ4n) is 14.0. The number of phenolic OH excluding ortho intramolecular Hbond substituents is 1. The maximum absolute atomic E-state index is 14.4. The first-order valence-electron chi connectivity index (χ1n) is 29.4. The Bertz CT molecular complexity index is 3620. The van der Waals surface area contributed by atoms with Gasteiger partial charge in [0.1, 0.15) is 35.7 Å². The van der Waals surface area contributed by atoms with Crippen LogP contribution in [0.2, 0.25) is 0 Å². The lowest BCUT2D eigenvalue weighted by Crippen LogP contribution is -2.60. The van der Waals surface area contributed by atoms with Gasteiger partial charge >= 0.3 is 12.1 Å². The molecule has 0 radical (unpaired) electrons. The number of aliphatic hydroxyl groups excluding tert-OH is 1. The molecule has 5 aliphatic heterocycles. The van der Waals surface area contributed by atoms with E-state index in [1.807, 2.05) is 107 Å². The lowest BCUT2D eigenvalue weighted by atomic mass is 9.72. The number of aromatic nitrogens is 5. The zero-order valence-electron chi connectivity index (χ0n) is 48.3. The summed E-state index contributed by atoms with van der Waals surface area (Å²) in [6.07, 6.45) is 4.72. The Morgan fingerprint density at radius 2 is 1.71 bits per heavy atom. The van der Waals surface area contributed by atoms with E-state index in [-0.39, 0.29) is 66.0 Å². The molecular weight excluding hydrogens is 1070 g/mol. The molecule has 1 spiro atoms. The first-order chi connectivity index (χ1) is 39.9. The van der Waals surface area contributed by atoms with E-state index < -0.39 is 23.7 Å². The van der Waals surface area contributed by atoms with Gasteiger partial charge in [-0.3, -0.25) is 24.4 Å². The molecule has 19 nitrogen and oxygen atoms in total. The number of aryl methyl sites for hydroxylation is 1. The molecular formula is C63H73N11O8S. The molecule has 7 aromatic rings. The van der Waals surface area contributed by atoms with Crippen LogP contribution in [0.4, 0.5) is 16.4 Å². The number of aromatic hydroxyl groups is 1. The van der Waals surface area contributed by atoms with Crippen LogP contribution in [0.1, 0.15) is 114 Å². The van der Waals surface area contributed by atoms with Gasteiger partial charge < -0.3 is 44.2 Å². The highest BCUT2D eigenvalue weighted by atomic mass is 32.1. The number of phenols is 1. The first-order valence-corrected chi connectivity index (χ1v) is 30.3. The van der Waals surface area contributed by atoms with Gasteiger partial charge in [-0.05, 0) is 112 Å². The molecule has 3 aromatic carbocycles. The van der Waals surface area contributed by atoms with E-state index in [0.29, 0.717) is 50.4 Å². The van der Waals surface area contributed by atoms with Gasteiger partial charge in [-0.25, -0.2) is 9.78 Å². The quantitative estimate of drug-likeness (QED) is 0.0982. The van der Waals surface area contributed by atoms with Crippen LogP contribution in [-0.4, -0.2) is 157 Å². The highest BCUT2D eigenvalue weighted by molar-refractivity contribution is 7.13. The van der Waals surface area contributed by atoms with Crippen molar-refractivity contribution in [2.24, 2.45) is 11.3 Å². The van der Waals surface area contributed by atoms with Crippen LogP contribution in [-0.2, 0) is 20.9 Å². The van der Waals surface area contributed by atoms with Gasteiger partial charge in [-0.15, -0.1) is 11.3 Å². The van der Waals surface area contributed by atoms with Crippen LogP contribution >= 0.6 is 11.3 Å². The zero-order valence-corrected chi connectivity index (χ0v) is 49.1. The Labute approximate surface area is 487 Å². The minimum absolute atomic E-state index is 0.0324. The third-order valence-electron chi connectivity index (χ3n) is 18.3. The Hall–Kier alpha value is -7.42. The predicted molar refractivity (Wildman–Crippen MR) is 317 cm³/mol. The number of rotatable bonds is 13. The number of nitrogens with zero attached hydrogens (tertiary/aromatic N) is 10. The van der Waals surface area contributed by atoms with E-state index in [0.717, 1.165) is 123 Å². The van der Waals surface area contributed by atoms with Crippen molar-refractivity contribution >= 4 is 62.6 Å². The van der Waals surface area contributed by atoms with Gasteiger partial charge in [0.05, 0.1) is 50.9 Å². The van der Waals surface area contributed by atoms with Crippen LogP contribution in [0, 0.1) is 18.3 Å². The number of hydrogen-bond donors (Lipinski definition) is 3. The number of anilines is 2. The third kappa shape index (κ3) is 10.3. The monoisotopic (exact) mass is 1140 g/mol. The van der Waals surface area contributed by atoms with E-state index in [4.69, 9.17) is 28.9 Å². The fourth-order valence-corrected chi connectivity index (χ4v) is 14.9. The largest absolute Gasteiger partial charge is 0.508 e. The molecule has 3 unspecified atom stereocenters. The first kappa shape index (κ1) is 54.8. The molecule has 3 amide bonds. The minimum atomic E-state index is -0.817. The number of fused-ring (bicyclic) bond motifs is 6. The van der Waals surface area contributed by atoms with Gasteiger partial charge in [0.15, 0.2) is 11.6 Å². The van der Waals surface area contributed by atoms with Crippen LogP contribution in [0.15, 0.2) is 76.9 Å². The number of pyridine rings is 1. The molecule has 2 bridgehead atoms. The molecule has 434 valence electrons. The van der Waals surface area contributed by atoms with Crippen LogP contribution in [0.3, 0.4) is 0 Å². The normalized spacial score (nSPS) is 22.3. The van der Waals surface area contributed by atoms with Crippen LogP contribution in [0.25, 0.3) is 43.4 Å². The Kier molecular flexibility index (Phi) is 14.1. The maximum Gasteiger partial charge on any atom is 0.410 e. The molecule has 13 rings (SSSR count). The lowest BCUT2D eigenvalue weighted by molar-refractivity contribution is -0.141. The average molecular weight is 1140 g/mol. The molecule has 5 fully saturated rings. The van der Waals surface area contributed by atoms with E-state index in [1.165, 1.54) is 4.90 Å². The summed E-state index contributed by atoms with van der Waals surface area (Å²) in [6, 6.07) is 19.2. The average Bonchev–Trinajstić information content (AvgIpc) is 4.31. The number of likely N-dealkylation sites (tertiary alicyclic amines) is 2. The molecule has 20 heteroatoms. The number of β-amino-alcohol motifs (C(OH)–C–C–N with tert-alkyl or cyclic N) is 1. The number of thiazole rings is 1. The van der Waals surface area contributed by atoms with Gasteiger partial charge in [-0.1, -0.05) is 68.4 Å². The van der Waals surface area contributed by atoms with Crippen molar-refractivity contribution in [3.05, 3.63) is 101 Å². The molecule has 6 aliphatic rings. The maximum atomic E-state index is 14.4. The van der Waals surface area contributed by atoms with Crippen molar-refractivity contribution in [1.82, 2.24) is 45.1 Å². The highest BCUT2D eigenvalue weighted by Gasteiger charge is 2.48. The number of benzene rings is 3. The molecule has 3 N–H and O–H groups in total. The van der Waals surface area contributed by atoms with Gasteiger partial charge in [0.25, 0.3) is 0 Å². The van der Waals surface area contributed by atoms with Crippen LogP contribution in [0.5, 0.6) is 11.8 Å². The Morgan fingerprint density at radius 1 is 0.952 bits per heavy atom. The smallest absolute Gasteiger partial charge is 0.410 e. The molecule has 5 saturated heterocycles. The summed E-state index contributed by atoms with van der Waals surface area (Å²) in [4.78, 5) is 73.0. The standard InChI is InChI=1S/C63H73N11O8S/c1-35(2)51(59(78)73-31-44(76)25-48(73)58(77)65-27-38-11-13-39(14-12-38)56-37(4)66-34-83-56)49-26-50(69-82-49)72-32-63(33-72)17-19-70(20-18-63)21-22-80-60-67-55-47(57(68-60)71-29-41-15-16-42(30-71)74(41)61(79)81-62(5,6)7)28-64-54-46-24-43(75)23-40-9-8-10-45(53(40)46)36(3)52(54)55/h8-14,23-24,26,28,34-36,41-42,44,48,51,75-76H,15-22,25,27,29-33H2,1-7H3,(H,65,77)/t36?,41?,42?,44-,48+,51-/m1/s1. The SMILES string of the molecule is Cc1ncsc1-c1ccc(CNC(=O)[C@@H]2C[C@@H](O)CN2C(=O)[C@@H](c2cc(N3CC4(CCN(CCOc5nc(N6CC7CCC(C6)N7C(=O)OC(C)(C)C)c6cnc7c(c6n5)C(C)c5cccc6cc(O)cc-7c56)CC4)C3)no2)C(C)C)cc1. The second-order valence-corrected chi connectivity index (χ2v) is 26.2. The lowest BCUT2D eigenvalue weighted by Gasteiger charge is -2.54. The fraction of sp³-hybridized carbons (Fsp3) is 0.492. The summed E-state index contributed by atoms with van der Waals surface area (Å²) >= 11 is 1.59. The topological polar surface area (TPSA) is 216 Å². The molecule has 1 aliphatic carbocycles. The number of piperidine rings is 1. The molecule has 9 heterocycles. The summed E-state index contributed by atoms with van der Waals surface area (Å²) < 4.78 is 18.5. The third-order valence-corrected chi connectivity index (χ3v) is 19.2. The Morgan fingerprint density at radius 3 is 2.42 bits per heavy atom. The number of piperazine rings is 1. The van der Waals surface area contributed by atoms with Crippen LogP contribution < -0.4 is 19.9 Å². The molecule has 0 saturated carbocycles. The second kappa shape index (κ2) is 21.3.